The van der Waals surface area contributed by atoms with Gasteiger partial charge in [-0.05, 0) is 98.4 Å². The third-order valence-electron chi connectivity index (χ3n) is 15.1. The minimum Gasteiger partial charge on any atom is -0.453 e. The number of fused-ring (bicyclic) bond motifs is 15. The molecule has 0 aliphatic carbocycles. The van der Waals surface area contributed by atoms with E-state index in [0.29, 0.717) is 17.5 Å². The molecule has 12 aromatic carbocycles. The second kappa shape index (κ2) is 15.3. The van der Waals surface area contributed by atoms with Crippen molar-refractivity contribution in [3.8, 4) is 45.5 Å². The Kier molecular flexibility index (Phi) is 8.36. The largest absolute Gasteiger partial charge is 0.453 e. The first-order chi connectivity index (χ1) is 36.2. The molecule has 0 saturated heterocycles. The molecule has 6 nitrogen and oxygen atoms in total. The molecule has 6 heteroatoms. The summed E-state index contributed by atoms with van der Waals surface area (Å²) in [4.78, 5) is 16.6. The van der Waals surface area contributed by atoms with E-state index in [1.807, 2.05) is 0 Å². The average Bonchev–Trinajstić information content (AvgIpc) is 4.15. The molecule has 0 atom stereocenters. The summed E-state index contributed by atoms with van der Waals surface area (Å²) in [7, 11) is 0. The van der Waals surface area contributed by atoms with Gasteiger partial charge >= 0.3 is 0 Å². The van der Waals surface area contributed by atoms with Crippen LogP contribution in [0, 0.1) is 0 Å². The molecule has 0 spiro atoms. The Balaban J connectivity index is 1.03. The van der Waals surface area contributed by atoms with Crippen molar-refractivity contribution in [1.82, 2.24) is 24.1 Å². The van der Waals surface area contributed by atoms with E-state index in [2.05, 4.69) is 246 Å². The Hall–Kier alpha value is -9.91. The topological polar surface area (TPSA) is 61.7 Å². The predicted molar refractivity (Wildman–Crippen MR) is 302 cm³/mol. The average molecular weight is 930 g/mol. The molecule has 16 aromatic rings. The summed E-state index contributed by atoms with van der Waals surface area (Å²) in [6, 6.07) is 84.3. The Morgan fingerprint density at radius 2 is 0.822 bits per heavy atom. The van der Waals surface area contributed by atoms with Crippen LogP contribution in [0.5, 0.6) is 0 Å². The summed E-state index contributed by atoms with van der Waals surface area (Å²) >= 11 is 0. The number of aromatic nitrogens is 5. The first kappa shape index (κ1) is 39.9. The Morgan fingerprint density at radius 1 is 0.274 bits per heavy atom. The van der Waals surface area contributed by atoms with Gasteiger partial charge in [-0.3, -0.25) is 0 Å². The predicted octanol–water partition coefficient (Wildman–Crippen LogP) is 17.6. The normalized spacial score (nSPS) is 12.1. The number of hydrogen-bond donors (Lipinski definition) is 0. The molecule has 0 aliphatic heterocycles. The second-order valence-corrected chi connectivity index (χ2v) is 19.1. The number of para-hydroxylation sites is 2. The molecule has 0 saturated carbocycles. The lowest BCUT2D eigenvalue weighted by Crippen LogP contribution is -2.02. The minimum absolute atomic E-state index is 0.559. The van der Waals surface area contributed by atoms with Crippen molar-refractivity contribution >= 4 is 109 Å². The van der Waals surface area contributed by atoms with Crippen LogP contribution in [0.15, 0.2) is 241 Å². The molecule has 0 aliphatic rings. The van der Waals surface area contributed by atoms with Crippen LogP contribution in [0.2, 0.25) is 0 Å². The van der Waals surface area contributed by atoms with E-state index >= 15 is 0 Å². The molecule has 4 aromatic heterocycles. The van der Waals surface area contributed by atoms with Crippen LogP contribution in [-0.2, 0) is 0 Å². The number of nitrogens with zero attached hydrogens (tertiary/aromatic N) is 5. The fraction of sp³-hybridized carbons (Fsp3) is 0. The van der Waals surface area contributed by atoms with Crippen LogP contribution in [0.25, 0.3) is 154 Å². The van der Waals surface area contributed by atoms with Gasteiger partial charge in [-0.1, -0.05) is 176 Å². The monoisotopic (exact) mass is 929 g/mol. The van der Waals surface area contributed by atoms with Crippen LogP contribution in [0.1, 0.15) is 0 Å². The van der Waals surface area contributed by atoms with Crippen molar-refractivity contribution in [1.29, 1.82) is 0 Å². The fourth-order valence-corrected chi connectivity index (χ4v) is 11.9. The number of furan rings is 1. The number of hydrogen-bond acceptors (Lipinski definition) is 4. The zero-order valence-electron chi connectivity index (χ0n) is 39.2. The highest BCUT2D eigenvalue weighted by Gasteiger charge is 2.26. The van der Waals surface area contributed by atoms with E-state index in [0.717, 1.165) is 104 Å². The zero-order valence-corrected chi connectivity index (χ0v) is 39.2. The molecular formula is C67H39N5O. The van der Waals surface area contributed by atoms with Crippen molar-refractivity contribution in [2.24, 2.45) is 0 Å². The quantitative estimate of drug-likeness (QED) is 0.173. The number of benzene rings is 12. The standard InChI is InChI=1S/C67H39N5O/c1-2-22-45(23-3-1)71-55-30-13-12-27-50(55)61-52(29-15-31-56(61)71)66-68-65(49-28-14-21-40-16-6-9-24-46(40)49)69-67(70-66)53-35-37-58(64-62(53)51-34-32-42-18-8-11-26-48(42)63(51)73-64)72-57-36-33-41-17-7-10-25-47(41)60(57)54-38-43-19-4-5-20-44(43)39-59(54)72/h1-39H. The summed E-state index contributed by atoms with van der Waals surface area (Å²) in [6.07, 6.45) is 0. The van der Waals surface area contributed by atoms with Gasteiger partial charge in [0.15, 0.2) is 23.1 Å². The first-order valence-corrected chi connectivity index (χ1v) is 24.8. The summed E-state index contributed by atoms with van der Waals surface area (Å²) in [5, 5.41) is 15.6. The second-order valence-electron chi connectivity index (χ2n) is 19.1. The van der Waals surface area contributed by atoms with E-state index in [1.54, 1.807) is 0 Å². The smallest absolute Gasteiger partial charge is 0.164 e. The summed E-state index contributed by atoms with van der Waals surface area (Å²) in [6.45, 7) is 0. The lowest BCUT2D eigenvalue weighted by atomic mass is 10.0. The molecule has 0 radical (unpaired) electrons. The maximum absolute atomic E-state index is 7.40. The van der Waals surface area contributed by atoms with E-state index in [9.17, 15) is 0 Å². The van der Waals surface area contributed by atoms with Gasteiger partial charge in [-0.2, -0.15) is 0 Å². The van der Waals surface area contributed by atoms with E-state index < -0.39 is 0 Å². The van der Waals surface area contributed by atoms with E-state index in [-0.39, 0.29) is 0 Å². The zero-order chi connectivity index (χ0) is 47.7. The molecule has 0 bridgehead atoms. The van der Waals surface area contributed by atoms with Crippen molar-refractivity contribution in [3.63, 3.8) is 0 Å². The first-order valence-electron chi connectivity index (χ1n) is 24.8. The lowest BCUT2D eigenvalue weighted by Gasteiger charge is -2.14. The van der Waals surface area contributed by atoms with Crippen LogP contribution >= 0.6 is 0 Å². The van der Waals surface area contributed by atoms with Crippen molar-refractivity contribution in [2.75, 3.05) is 0 Å². The molecule has 0 amide bonds. The molecular weight excluding hydrogens is 891 g/mol. The highest BCUT2D eigenvalue weighted by Crippen LogP contribution is 2.46. The van der Waals surface area contributed by atoms with Crippen LogP contribution in [0.4, 0.5) is 0 Å². The maximum Gasteiger partial charge on any atom is 0.164 e. The molecule has 16 rings (SSSR count). The van der Waals surface area contributed by atoms with Gasteiger partial charge in [0, 0.05) is 60.1 Å². The Bertz CT molecular complexity index is 4980. The van der Waals surface area contributed by atoms with E-state index in [4.69, 9.17) is 19.4 Å². The summed E-state index contributed by atoms with van der Waals surface area (Å²) in [5.41, 5.74) is 10.7. The Labute approximate surface area is 417 Å². The number of rotatable bonds is 5. The van der Waals surface area contributed by atoms with Crippen molar-refractivity contribution in [2.45, 2.75) is 0 Å². The molecule has 338 valence electrons. The SMILES string of the molecule is c1ccc(-n2c3ccccc3c3c(-c4nc(-c5cccc6ccccc56)nc(-c5ccc(-n6c7cc8ccccc8cc7c7c8ccccc8ccc76)c6oc7c8ccccc8ccc7c56)n4)cccc32)cc1. The van der Waals surface area contributed by atoms with Crippen LogP contribution in [0.3, 0.4) is 0 Å². The molecule has 0 fully saturated rings. The maximum atomic E-state index is 7.40. The van der Waals surface area contributed by atoms with Crippen molar-refractivity contribution in [3.05, 3.63) is 237 Å². The highest BCUT2D eigenvalue weighted by atomic mass is 16.3. The molecule has 4 heterocycles. The molecule has 73 heavy (non-hydrogen) atoms. The summed E-state index contributed by atoms with van der Waals surface area (Å²) in [5.74, 6) is 1.74. The molecule has 0 unspecified atom stereocenters. The van der Waals surface area contributed by atoms with Gasteiger partial charge in [0.25, 0.3) is 0 Å². The van der Waals surface area contributed by atoms with Gasteiger partial charge < -0.3 is 13.6 Å². The fourth-order valence-electron chi connectivity index (χ4n) is 11.9. The third kappa shape index (κ3) is 5.83. The third-order valence-corrected chi connectivity index (χ3v) is 15.1. The van der Waals surface area contributed by atoms with Gasteiger partial charge in [-0.15, -0.1) is 0 Å². The van der Waals surface area contributed by atoms with Gasteiger partial charge in [0.1, 0.15) is 5.58 Å². The van der Waals surface area contributed by atoms with Crippen LogP contribution < -0.4 is 0 Å². The van der Waals surface area contributed by atoms with Gasteiger partial charge in [0.05, 0.1) is 27.8 Å². The van der Waals surface area contributed by atoms with Crippen LogP contribution in [-0.4, -0.2) is 24.1 Å². The van der Waals surface area contributed by atoms with E-state index in [1.165, 1.54) is 32.3 Å². The summed E-state index contributed by atoms with van der Waals surface area (Å²) < 4.78 is 12.1. The van der Waals surface area contributed by atoms with Gasteiger partial charge in [0.2, 0.25) is 0 Å². The lowest BCUT2D eigenvalue weighted by molar-refractivity contribution is 0.670. The van der Waals surface area contributed by atoms with Gasteiger partial charge in [-0.25, -0.2) is 15.0 Å². The molecule has 0 N–H and O–H groups in total. The Morgan fingerprint density at radius 3 is 1.62 bits per heavy atom. The minimum atomic E-state index is 0.559. The highest BCUT2D eigenvalue weighted by molar-refractivity contribution is 6.25. The van der Waals surface area contributed by atoms with Crippen molar-refractivity contribution < 1.29 is 4.42 Å².